The Morgan fingerprint density at radius 1 is 1.33 bits per heavy atom. The van der Waals surface area contributed by atoms with Crippen LogP contribution in [0.3, 0.4) is 0 Å². The number of nitrogens with zero attached hydrogens (tertiary/aromatic N) is 2. The second-order valence-electron chi connectivity index (χ2n) is 5.51. The SMILES string of the molecule is CC(C)N(C)CCCNc1ccc2c(n1)CCC2. The molecule has 1 aliphatic carbocycles. The van der Waals surface area contributed by atoms with Gasteiger partial charge < -0.3 is 10.2 Å². The Hall–Kier alpha value is -1.09. The lowest BCUT2D eigenvalue weighted by Crippen LogP contribution is -2.28. The Labute approximate surface area is 111 Å². The summed E-state index contributed by atoms with van der Waals surface area (Å²) in [6.07, 6.45) is 4.79. The van der Waals surface area contributed by atoms with Gasteiger partial charge in [0.15, 0.2) is 0 Å². The highest BCUT2D eigenvalue weighted by atomic mass is 15.1. The molecule has 0 saturated heterocycles. The van der Waals surface area contributed by atoms with Crippen LogP contribution in [0.1, 0.15) is 37.9 Å². The molecule has 0 unspecified atom stereocenters. The number of hydrogen-bond acceptors (Lipinski definition) is 3. The molecule has 2 rings (SSSR count). The van der Waals surface area contributed by atoms with Crippen molar-refractivity contribution in [2.75, 3.05) is 25.5 Å². The molecule has 0 saturated carbocycles. The topological polar surface area (TPSA) is 28.2 Å². The van der Waals surface area contributed by atoms with Gasteiger partial charge in [0.2, 0.25) is 0 Å². The molecule has 0 aliphatic heterocycles. The summed E-state index contributed by atoms with van der Waals surface area (Å²) >= 11 is 0. The van der Waals surface area contributed by atoms with E-state index >= 15 is 0 Å². The fraction of sp³-hybridized carbons (Fsp3) is 0.667. The molecule has 1 aliphatic rings. The van der Waals surface area contributed by atoms with Crippen LogP contribution in [0.15, 0.2) is 12.1 Å². The summed E-state index contributed by atoms with van der Waals surface area (Å²) in [4.78, 5) is 7.05. The van der Waals surface area contributed by atoms with E-state index in [2.05, 4.69) is 48.2 Å². The number of aromatic nitrogens is 1. The maximum Gasteiger partial charge on any atom is 0.126 e. The molecular weight excluding hydrogens is 222 g/mol. The van der Waals surface area contributed by atoms with Crippen LogP contribution in [0, 0.1) is 0 Å². The van der Waals surface area contributed by atoms with Gasteiger partial charge in [0.25, 0.3) is 0 Å². The van der Waals surface area contributed by atoms with Crippen LogP contribution >= 0.6 is 0 Å². The van der Waals surface area contributed by atoms with Crippen molar-refractivity contribution in [3.05, 3.63) is 23.4 Å². The monoisotopic (exact) mass is 247 g/mol. The van der Waals surface area contributed by atoms with Crippen molar-refractivity contribution in [1.29, 1.82) is 0 Å². The molecule has 100 valence electrons. The fourth-order valence-corrected chi connectivity index (χ4v) is 2.32. The quantitative estimate of drug-likeness (QED) is 0.783. The molecule has 0 radical (unpaired) electrons. The average molecular weight is 247 g/mol. The minimum Gasteiger partial charge on any atom is -0.370 e. The van der Waals surface area contributed by atoms with E-state index < -0.39 is 0 Å². The van der Waals surface area contributed by atoms with Crippen LogP contribution in [0.4, 0.5) is 5.82 Å². The van der Waals surface area contributed by atoms with Crippen molar-refractivity contribution in [3.8, 4) is 0 Å². The van der Waals surface area contributed by atoms with Crippen LogP contribution in [0.25, 0.3) is 0 Å². The molecule has 3 heteroatoms. The molecule has 0 atom stereocenters. The molecule has 0 bridgehead atoms. The Morgan fingerprint density at radius 3 is 2.94 bits per heavy atom. The highest BCUT2D eigenvalue weighted by Crippen LogP contribution is 2.21. The van der Waals surface area contributed by atoms with E-state index in [0.717, 1.165) is 31.7 Å². The van der Waals surface area contributed by atoms with Crippen LogP contribution in [-0.2, 0) is 12.8 Å². The third kappa shape index (κ3) is 3.45. The highest BCUT2D eigenvalue weighted by molar-refractivity contribution is 5.40. The molecular formula is C15H25N3. The number of pyridine rings is 1. The standard InChI is InChI=1S/C15H25N3/c1-12(2)18(3)11-5-10-16-15-9-8-13-6-4-7-14(13)17-15/h8-9,12H,4-7,10-11H2,1-3H3,(H,16,17). The van der Waals surface area contributed by atoms with Crippen molar-refractivity contribution in [2.24, 2.45) is 0 Å². The number of fused-ring (bicyclic) bond motifs is 1. The third-order valence-corrected chi connectivity index (χ3v) is 3.80. The van der Waals surface area contributed by atoms with Gasteiger partial charge in [-0.15, -0.1) is 0 Å². The first-order chi connectivity index (χ1) is 8.66. The number of nitrogens with one attached hydrogen (secondary N) is 1. The highest BCUT2D eigenvalue weighted by Gasteiger charge is 2.12. The van der Waals surface area contributed by atoms with Gasteiger partial charge in [-0.25, -0.2) is 4.98 Å². The lowest BCUT2D eigenvalue weighted by molar-refractivity contribution is 0.273. The molecule has 0 aromatic carbocycles. The average Bonchev–Trinajstić information content (AvgIpc) is 2.81. The summed E-state index contributed by atoms with van der Waals surface area (Å²) in [5.41, 5.74) is 2.75. The van der Waals surface area contributed by atoms with Crippen molar-refractivity contribution in [2.45, 2.75) is 45.6 Å². The second kappa shape index (κ2) is 6.19. The van der Waals surface area contributed by atoms with Crippen molar-refractivity contribution in [3.63, 3.8) is 0 Å². The number of aryl methyl sites for hydroxylation is 2. The maximum absolute atomic E-state index is 4.68. The first-order valence-electron chi connectivity index (χ1n) is 7.09. The van der Waals surface area contributed by atoms with E-state index in [4.69, 9.17) is 0 Å². The second-order valence-corrected chi connectivity index (χ2v) is 5.51. The van der Waals surface area contributed by atoms with Crippen LogP contribution < -0.4 is 5.32 Å². The summed E-state index contributed by atoms with van der Waals surface area (Å²) in [6, 6.07) is 4.98. The molecule has 1 aromatic rings. The van der Waals surface area contributed by atoms with E-state index in [0.29, 0.717) is 6.04 Å². The van der Waals surface area contributed by atoms with Gasteiger partial charge in [0.1, 0.15) is 5.82 Å². The van der Waals surface area contributed by atoms with E-state index in [-0.39, 0.29) is 0 Å². The Balaban J connectivity index is 1.74. The van der Waals surface area contributed by atoms with Gasteiger partial charge >= 0.3 is 0 Å². The smallest absolute Gasteiger partial charge is 0.126 e. The number of anilines is 1. The molecule has 1 heterocycles. The Morgan fingerprint density at radius 2 is 2.17 bits per heavy atom. The first kappa shape index (κ1) is 13.3. The summed E-state index contributed by atoms with van der Waals surface area (Å²) < 4.78 is 0. The van der Waals surface area contributed by atoms with E-state index in [1.165, 1.54) is 24.1 Å². The van der Waals surface area contributed by atoms with E-state index in [1.54, 1.807) is 0 Å². The molecule has 0 amide bonds. The maximum atomic E-state index is 4.68. The first-order valence-corrected chi connectivity index (χ1v) is 7.09. The summed E-state index contributed by atoms with van der Waals surface area (Å²) in [7, 11) is 2.18. The van der Waals surface area contributed by atoms with Crippen LogP contribution in [-0.4, -0.2) is 36.1 Å². The molecule has 18 heavy (non-hydrogen) atoms. The van der Waals surface area contributed by atoms with Crippen molar-refractivity contribution < 1.29 is 0 Å². The van der Waals surface area contributed by atoms with E-state index in [9.17, 15) is 0 Å². The minimum atomic E-state index is 0.628. The van der Waals surface area contributed by atoms with Crippen molar-refractivity contribution in [1.82, 2.24) is 9.88 Å². The largest absolute Gasteiger partial charge is 0.370 e. The van der Waals surface area contributed by atoms with Crippen LogP contribution in [0.5, 0.6) is 0 Å². The van der Waals surface area contributed by atoms with Crippen molar-refractivity contribution >= 4 is 5.82 Å². The van der Waals surface area contributed by atoms with Crippen LogP contribution in [0.2, 0.25) is 0 Å². The summed E-state index contributed by atoms with van der Waals surface area (Å²) in [5, 5.41) is 3.43. The van der Waals surface area contributed by atoms with E-state index in [1.807, 2.05) is 0 Å². The molecule has 0 fully saturated rings. The van der Waals surface area contributed by atoms with Gasteiger partial charge in [-0.3, -0.25) is 0 Å². The minimum absolute atomic E-state index is 0.628. The summed E-state index contributed by atoms with van der Waals surface area (Å²) in [5.74, 6) is 1.04. The molecule has 1 N–H and O–H groups in total. The third-order valence-electron chi connectivity index (χ3n) is 3.80. The lowest BCUT2D eigenvalue weighted by Gasteiger charge is -2.20. The summed E-state index contributed by atoms with van der Waals surface area (Å²) in [6.45, 7) is 6.60. The number of rotatable bonds is 6. The molecule has 1 aromatic heterocycles. The van der Waals surface area contributed by atoms with Gasteiger partial charge in [-0.2, -0.15) is 0 Å². The zero-order chi connectivity index (χ0) is 13.0. The molecule has 0 spiro atoms. The van der Waals surface area contributed by atoms with Gasteiger partial charge in [0, 0.05) is 18.3 Å². The van der Waals surface area contributed by atoms with Gasteiger partial charge in [-0.1, -0.05) is 6.07 Å². The van der Waals surface area contributed by atoms with Gasteiger partial charge in [-0.05, 0) is 64.8 Å². The Bertz CT molecular complexity index is 387. The molecule has 3 nitrogen and oxygen atoms in total. The normalized spacial score (nSPS) is 14.3. The lowest BCUT2D eigenvalue weighted by atomic mass is 10.2. The Kier molecular flexibility index (Phi) is 4.59. The fourth-order valence-electron chi connectivity index (χ4n) is 2.32. The zero-order valence-corrected chi connectivity index (χ0v) is 11.9. The van der Waals surface area contributed by atoms with Gasteiger partial charge in [0.05, 0.1) is 0 Å². The predicted molar refractivity (Wildman–Crippen MR) is 77.1 cm³/mol. The zero-order valence-electron chi connectivity index (χ0n) is 11.9. The number of hydrogen-bond donors (Lipinski definition) is 1. The predicted octanol–water partition coefficient (Wildman–Crippen LogP) is 2.71.